The fourth-order valence-electron chi connectivity index (χ4n) is 2.61. The highest BCUT2D eigenvalue weighted by Gasteiger charge is 2.23. The maximum Gasteiger partial charge on any atom is 0.123 e. The van der Waals surface area contributed by atoms with Crippen molar-refractivity contribution in [2.45, 2.75) is 39.0 Å². The third kappa shape index (κ3) is 3.42. The predicted molar refractivity (Wildman–Crippen MR) is 78.7 cm³/mol. The first-order chi connectivity index (χ1) is 10.2. The van der Waals surface area contributed by atoms with E-state index in [4.69, 9.17) is 4.74 Å². The third-order valence-corrected chi connectivity index (χ3v) is 3.60. The molecule has 3 rings (SSSR count). The predicted octanol–water partition coefficient (Wildman–Crippen LogP) is 2.53. The molecular formula is C16H20FN3O. The highest BCUT2D eigenvalue weighted by Crippen LogP contribution is 2.29. The maximum atomic E-state index is 13.2. The van der Waals surface area contributed by atoms with Gasteiger partial charge in [-0.1, -0.05) is 6.92 Å². The van der Waals surface area contributed by atoms with Gasteiger partial charge in [-0.3, -0.25) is 4.68 Å². The second-order valence-electron chi connectivity index (χ2n) is 5.44. The van der Waals surface area contributed by atoms with Crippen molar-refractivity contribution in [3.63, 3.8) is 0 Å². The highest BCUT2D eigenvalue weighted by molar-refractivity contribution is 5.37. The summed E-state index contributed by atoms with van der Waals surface area (Å²) in [7, 11) is 0. The molecule has 1 aromatic heterocycles. The van der Waals surface area contributed by atoms with E-state index in [9.17, 15) is 4.39 Å². The molecule has 0 amide bonds. The minimum atomic E-state index is -0.207. The molecule has 0 saturated heterocycles. The standard InChI is InChI=1S/C16H20FN3O/c1-2-5-18-8-12-9-19-20(10-12)11-15-7-13-6-14(17)3-4-16(13)21-15/h3-4,6,9-10,15,18H,2,5,7-8,11H2,1H3. The number of halogens is 1. The quantitative estimate of drug-likeness (QED) is 0.831. The number of nitrogens with zero attached hydrogens (tertiary/aromatic N) is 2. The molecule has 1 unspecified atom stereocenters. The van der Waals surface area contributed by atoms with Crippen LogP contribution in [0.25, 0.3) is 0 Å². The summed E-state index contributed by atoms with van der Waals surface area (Å²) >= 11 is 0. The monoisotopic (exact) mass is 289 g/mol. The van der Waals surface area contributed by atoms with Gasteiger partial charge in [0.15, 0.2) is 0 Å². The van der Waals surface area contributed by atoms with Crippen molar-refractivity contribution in [1.29, 1.82) is 0 Å². The van der Waals surface area contributed by atoms with E-state index in [1.807, 2.05) is 17.1 Å². The van der Waals surface area contributed by atoms with Crippen LogP contribution in [0.15, 0.2) is 30.6 Å². The molecule has 1 aromatic carbocycles. The fourth-order valence-corrected chi connectivity index (χ4v) is 2.61. The Labute approximate surface area is 123 Å². The number of rotatable bonds is 6. The zero-order valence-corrected chi connectivity index (χ0v) is 12.2. The first-order valence-corrected chi connectivity index (χ1v) is 7.41. The van der Waals surface area contributed by atoms with Gasteiger partial charge in [-0.25, -0.2) is 4.39 Å². The van der Waals surface area contributed by atoms with Gasteiger partial charge in [0.1, 0.15) is 17.7 Å². The molecule has 5 heteroatoms. The van der Waals surface area contributed by atoms with Gasteiger partial charge in [0.2, 0.25) is 0 Å². The Morgan fingerprint density at radius 3 is 3.24 bits per heavy atom. The van der Waals surface area contributed by atoms with Crippen LogP contribution in [0.3, 0.4) is 0 Å². The van der Waals surface area contributed by atoms with E-state index in [0.717, 1.165) is 37.2 Å². The lowest BCUT2D eigenvalue weighted by atomic mass is 10.1. The van der Waals surface area contributed by atoms with Crippen LogP contribution in [0.4, 0.5) is 4.39 Å². The molecule has 1 atom stereocenters. The first-order valence-electron chi connectivity index (χ1n) is 7.41. The molecule has 0 saturated carbocycles. The Kier molecular flexibility index (Phi) is 4.20. The SMILES string of the molecule is CCCNCc1cnn(CC2Cc3cc(F)ccc3O2)c1. The van der Waals surface area contributed by atoms with Gasteiger partial charge in [0.05, 0.1) is 12.7 Å². The maximum absolute atomic E-state index is 13.2. The molecule has 0 fully saturated rings. The van der Waals surface area contributed by atoms with Crippen LogP contribution in [0, 0.1) is 5.82 Å². The minimum Gasteiger partial charge on any atom is -0.488 e. The molecule has 0 spiro atoms. The smallest absolute Gasteiger partial charge is 0.123 e. The lowest BCUT2D eigenvalue weighted by Gasteiger charge is -2.10. The molecular weight excluding hydrogens is 269 g/mol. The number of hydrogen-bond donors (Lipinski definition) is 1. The summed E-state index contributed by atoms with van der Waals surface area (Å²) in [6.45, 7) is 4.68. The topological polar surface area (TPSA) is 39.1 Å². The van der Waals surface area contributed by atoms with E-state index in [1.165, 1.54) is 11.6 Å². The van der Waals surface area contributed by atoms with Crippen LogP contribution in [0.1, 0.15) is 24.5 Å². The molecule has 1 aliphatic heterocycles. The van der Waals surface area contributed by atoms with Crippen molar-refractivity contribution in [2.75, 3.05) is 6.54 Å². The molecule has 2 heterocycles. The minimum absolute atomic E-state index is 0.0261. The number of benzene rings is 1. The number of fused-ring (bicyclic) bond motifs is 1. The summed E-state index contributed by atoms with van der Waals surface area (Å²) in [6, 6.07) is 4.69. The van der Waals surface area contributed by atoms with Crippen LogP contribution < -0.4 is 10.1 Å². The summed E-state index contributed by atoms with van der Waals surface area (Å²) in [6.07, 6.45) is 5.80. The zero-order chi connectivity index (χ0) is 14.7. The Morgan fingerprint density at radius 1 is 1.48 bits per heavy atom. The van der Waals surface area contributed by atoms with Crippen molar-refractivity contribution in [1.82, 2.24) is 15.1 Å². The van der Waals surface area contributed by atoms with Gasteiger partial charge in [-0.2, -0.15) is 5.10 Å². The van der Waals surface area contributed by atoms with Gasteiger partial charge in [0, 0.05) is 30.3 Å². The third-order valence-electron chi connectivity index (χ3n) is 3.60. The van der Waals surface area contributed by atoms with Crippen molar-refractivity contribution in [2.24, 2.45) is 0 Å². The normalized spacial score (nSPS) is 16.8. The van der Waals surface area contributed by atoms with E-state index in [2.05, 4.69) is 17.3 Å². The van der Waals surface area contributed by atoms with Crippen LogP contribution >= 0.6 is 0 Å². The number of ether oxygens (including phenoxy) is 1. The highest BCUT2D eigenvalue weighted by atomic mass is 19.1. The van der Waals surface area contributed by atoms with E-state index in [1.54, 1.807) is 12.1 Å². The van der Waals surface area contributed by atoms with Gasteiger partial charge in [-0.05, 0) is 31.2 Å². The molecule has 1 N–H and O–H groups in total. The summed E-state index contributed by atoms with van der Waals surface area (Å²) in [4.78, 5) is 0. The van der Waals surface area contributed by atoms with Gasteiger partial charge in [-0.15, -0.1) is 0 Å². The number of hydrogen-bond acceptors (Lipinski definition) is 3. The summed E-state index contributed by atoms with van der Waals surface area (Å²) in [5.41, 5.74) is 2.11. The molecule has 0 bridgehead atoms. The Balaban J connectivity index is 1.56. The zero-order valence-electron chi connectivity index (χ0n) is 12.2. The molecule has 2 aromatic rings. The van der Waals surface area contributed by atoms with Crippen LogP contribution in [-0.4, -0.2) is 22.4 Å². The van der Waals surface area contributed by atoms with Gasteiger partial charge >= 0.3 is 0 Å². The van der Waals surface area contributed by atoms with E-state index in [0.29, 0.717) is 6.54 Å². The van der Waals surface area contributed by atoms with Crippen molar-refractivity contribution in [3.8, 4) is 5.75 Å². The van der Waals surface area contributed by atoms with E-state index in [-0.39, 0.29) is 11.9 Å². The lowest BCUT2D eigenvalue weighted by Crippen LogP contribution is -2.21. The summed E-state index contributed by atoms with van der Waals surface area (Å²) in [5, 5.41) is 7.71. The fraction of sp³-hybridized carbons (Fsp3) is 0.438. The average molecular weight is 289 g/mol. The van der Waals surface area contributed by atoms with Crippen molar-refractivity contribution < 1.29 is 9.13 Å². The van der Waals surface area contributed by atoms with Crippen LogP contribution in [0.2, 0.25) is 0 Å². The van der Waals surface area contributed by atoms with E-state index < -0.39 is 0 Å². The largest absolute Gasteiger partial charge is 0.488 e. The Bertz CT molecular complexity index is 611. The molecule has 112 valence electrons. The van der Waals surface area contributed by atoms with Crippen LogP contribution in [-0.2, 0) is 19.5 Å². The lowest BCUT2D eigenvalue weighted by molar-refractivity contribution is 0.203. The van der Waals surface area contributed by atoms with Crippen molar-refractivity contribution in [3.05, 3.63) is 47.5 Å². The second-order valence-corrected chi connectivity index (χ2v) is 5.44. The van der Waals surface area contributed by atoms with Gasteiger partial charge in [0.25, 0.3) is 0 Å². The Hall–Kier alpha value is -1.88. The van der Waals surface area contributed by atoms with Crippen LogP contribution in [0.5, 0.6) is 5.75 Å². The molecule has 0 aliphatic carbocycles. The van der Waals surface area contributed by atoms with Crippen molar-refractivity contribution >= 4 is 0 Å². The summed E-state index contributed by atoms with van der Waals surface area (Å²) < 4.78 is 20.9. The summed E-state index contributed by atoms with van der Waals surface area (Å²) in [5.74, 6) is 0.583. The molecule has 0 radical (unpaired) electrons. The number of nitrogens with one attached hydrogen (secondary N) is 1. The van der Waals surface area contributed by atoms with E-state index >= 15 is 0 Å². The Morgan fingerprint density at radius 2 is 2.38 bits per heavy atom. The average Bonchev–Trinajstić information content (AvgIpc) is 3.05. The molecule has 1 aliphatic rings. The molecule has 21 heavy (non-hydrogen) atoms. The number of aromatic nitrogens is 2. The second kappa shape index (κ2) is 6.26. The van der Waals surface area contributed by atoms with Gasteiger partial charge < -0.3 is 10.1 Å². The molecule has 4 nitrogen and oxygen atoms in total. The first kappa shape index (κ1) is 14.1.